The zero-order chi connectivity index (χ0) is 21.9. The first-order valence-electron chi connectivity index (χ1n) is 10.6. The number of imidazole rings is 1. The number of carbonyl (C=O) groups excluding carboxylic acids is 2. The van der Waals surface area contributed by atoms with Gasteiger partial charge in [0.05, 0.1) is 12.2 Å². The van der Waals surface area contributed by atoms with Gasteiger partial charge in [0.25, 0.3) is 5.91 Å². The van der Waals surface area contributed by atoms with Crippen LogP contribution in [0.25, 0.3) is 0 Å². The highest BCUT2D eigenvalue weighted by Crippen LogP contribution is 2.22. The Morgan fingerprint density at radius 2 is 2.07 bits per heavy atom. The number of nitrogens with one attached hydrogen (secondary N) is 1. The lowest BCUT2D eigenvalue weighted by Gasteiger charge is -2.19. The molecule has 0 saturated carbocycles. The summed E-state index contributed by atoms with van der Waals surface area (Å²) in [5.41, 5.74) is 2.32. The van der Waals surface area contributed by atoms with Crippen molar-refractivity contribution in [1.82, 2.24) is 19.4 Å². The Bertz CT molecular complexity index is 817. The van der Waals surface area contributed by atoms with E-state index in [0.29, 0.717) is 38.0 Å². The molecule has 2 N–H and O–H groups in total. The van der Waals surface area contributed by atoms with Crippen LogP contribution in [0.1, 0.15) is 67.1 Å². The van der Waals surface area contributed by atoms with Crippen LogP contribution < -0.4 is 5.32 Å². The number of aryl methyl sites for hydroxylation is 2. The number of hydrogen-bond acceptors (Lipinski definition) is 5. The molecule has 8 heteroatoms. The second-order valence-corrected chi connectivity index (χ2v) is 7.35. The molecule has 0 atom stereocenters. The van der Waals surface area contributed by atoms with Crippen molar-refractivity contribution < 1.29 is 14.7 Å². The van der Waals surface area contributed by atoms with E-state index in [1.54, 1.807) is 11.9 Å². The Balaban J connectivity index is 2.45. The SMILES string of the molecule is CCCCCc1nc(NC=O)c(C(=O)N(C)CCCO)n1Cc1ccc(CC)cn1. The molecular weight excluding hydrogens is 382 g/mol. The number of aliphatic hydroxyl groups is 1. The van der Waals surface area contributed by atoms with Gasteiger partial charge in [-0.3, -0.25) is 14.6 Å². The van der Waals surface area contributed by atoms with Gasteiger partial charge in [0.15, 0.2) is 11.5 Å². The molecule has 2 aromatic rings. The van der Waals surface area contributed by atoms with Crippen molar-refractivity contribution in [2.45, 2.75) is 58.9 Å². The van der Waals surface area contributed by atoms with E-state index in [0.717, 1.165) is 42.8 Å². The Morgan fingerprint density at radius 3 is 2.67 bits per heavy atom. The second-order valence-electron chi connectivity index (χ2n) is 7.35. The van der Waals surface area contributed by atoms with Crippen molar-refractivity contribution in [2.24, 2.45) is 0 Å². The van der Waals surface area contributed by atoms with Gasteiger partial charge in [-0.1, -0.05) is 32.8 Å². The van der Waals surface area contributed by atoms with Crippen LogP contribution in [0.4, 0.5) is 5.82 Å². The largest absolute Gasteiger partial charge is 0.396 e. The maximum absolute atomic E-state index is 13.2. The van der Waals surface area contributed by atoms with Crippen molar-refractivity contribution in [2.75, 3.05) is 25.5 Å². The first-order valence-corrected chi connectivity index (χ1v) is 10.6. The minimum atomic E-state index is -0.243. The summed E-state index contributed by atoms with van der Waals surface area (Å²) < 4.78 is 1.87. The molecule has 0 bridgehead atoms. The third-order valence-corrected chi connectivity index (χ3v) is 5.06. The van der Waals surface area contributed by atoms with Gasteiger partial charge in [0.2, 0.25) is 6.41 Å². The molecule has 0 spiro atoms. The molecule has 0 radical (unpaired) electrons. The monoisotopic (exact) mass is 415 g/mol. The summed E-state index contributed by atoms with van der Waals surface area (Å²) in [6.45, 7) is 5.03. The van der Waals surface area contributed by atoms with E-state index in [1.807, 2.05) is 22.9 Å². The highest BCUT2D eigenvalue weighted by Gasteiger charge is 2.25. The predicted octanol–water partition coefficient (Wildman–Crippen LogP) is 2.64. The maximum atomic E-state index is 13.2. The number of hydrogen-bond donors (Lipinski definition) is 2. The van der Waals surface area contributed by atoms with Crippen LogP contribution in [0.15, 0.2) is 18.3 Å². The zero-order valence-electron chi connectivity index (χ0n) is 18.2. The van der Waals surface area contributed by atoms with E-state index in [2.05, 4.69) is 29.1 Å². The van der Waals surface area contributed by atoms with E-state index >= 15 is 0 Å². The van der Waals surface area contributed by atoms with Gasteiger partial charge in [-0.2, -0.15) is 0 Å². The standard InChI is InChI=1S/C22H33N5O3/c1-4-6-7-9-19-25-21(24-16-29)20(22(30)26(3)12-8-13-28)27(19)15-18-11-10-17(5-2)14-23-18/h10-11,14,16,28H,4-9,12-13,15H2,1-3H3,(H,24,29). The molecule has 8 nitrogen and oxygen atoms in total. The molecule has 30 heavy (non-hydrogen) atoms. The number of rotatable bonds is 13. The van der Waals surface area contributed by atoms with Gasteiger partial charge in [0, 0.05) is 32.8 Å². The third kappa shape index (κ3) is 6.13. The first-order chi connectivity index (χ1) is 14.5. The molecule has 0 aliphatic heterocycles. The molecule has 164 valence electrons. The van der Waals surface area contributed by atoms with Gasteiger partial charge < -0.3 is 19.9 Å². The fourth-order valence-corrected chi connectivity index (χ4v) is 3.28. The fourth-order valence-electron chi connectivity index (χ4n) is 3.28. The minimum Gasteiger partial charge on any atom is -0.396 e. The minimum absolute atomic E-state index is 0.00624. The lowest BCUT2D eigenvalue weighted by Crippen LogP contribution is -2.31. The van der Waals surface area contributed by atoms with E-state index in [9.17, 15) is 9.59 Å². The summed E-state index contributed by atoms with van der Waals surface area (Å²) in [6.07, 6.45) is 7.59. The van der Waals surface area contributed by atoms with Crippen molar-refractivity contribution in [3.8, 4) is 0 Å². The topological polar surface area (TPSA) is 100 Å². The van der Waals surface area contributed by atoms with Crippen LogP contribution in [0.3, 0.4) is 0 Å². The van der Waals surface area contributed by atoms with Crippen LogP contribution in [0, 0.1) is 0 Å². The van der Waals surface area contributed by atoms with Gasteiger partial charge in [-0.15, -0.1) is 0 Å². The van der Waals surface area contributed by atoms with Crippen molar-refractivity contribution >= 4 is 18.1 Å². The number of carbonyl (C=O) groups is 2. The second kappa shape index (κ2) is 12.1. The van der Waals surface area contributed by atoms with E-state index in [1.165, 1.54) is 0 Å². The van der Waals surface area contributed by atoms with Gasteiger partial charge in [-0.25, -0.2) is 4.98 Å². The molecule has 2 amide bonds. The number of unbranched alkanes of at least 4 members (excludes halogenated alkanes) is 2. The number of pyridine rings is 1. The van der Waals surface area contributed by atoms with E-state index in [-0.39, 0.29) is 18.3 Å². The molecule has 2 rings (SSSR count). The van der Waals surface area contributed by atoms with E-state index < -0.39 is 0 Å². The lowest BCUT2D eigenvalue weighted by atomic mass is 10.2. The number of amides is 2. The summed E-state index contributed by atoms with van der Waals surface area (Å²) in [4.78, 5) is 35.0. The van der Waals surface area contributed by atoms with Crippen LogP contribution in [0.5, 0.6) is 0 Å². The number of anilines is 1. The van der Waals surface area contributed by atoms with Crippen molar-refractivity contribution in [3.63, 3.8) is 0 Å². The fraction of sp³-hybridized carbons (Fsp3) is 0.545. The highest BCUT2D eigenvalue weighted by molar-refractivity contribution is 5.99. The summed E-state index contributed by atoms with van der Waals surface area (Å²) >= 11 is 0. The zero-order valence-corrected chi connectivity index (χ0v) is 18.2. The molecule has 0 aromatic carbocycles. The Hall–Kier alpha value is -2.74. The van der Waals surface area contributed by atoms with Crippen LogP contribution >= 0.6 is 0 Å². The van der Waals surface area contributed by atoms with Gasteiger partial charge in [0.1, 0.15) is 5.82 Å². The molecule has 0 saturated heterocycles. The Labute approximate surface area is 178 Å². The van der Waals surface area contributed by atoms with Crippen molar-refractivity contribution in [3.05, 3.63) is 41.1 Å². The summed E-state index contributed by atoms with van der Waals surface area (Å²) in [6, 6.07) is 4.00. The first kappa shape index (κ1) is 23.5. The Morgan fingerprint density at radius 1 is 1.27 bits per heavy atom. The summed E-state index contributed by atoms with van der Waals surface area (Å²) in [7, 11) is 1.69. The molecule has 2 heterocycles. The lowest BCUT2D eigenvalue weighted by molar-refractivity contribution is -0.105. The van der Waals surface area contributed by atoms with Crippen molar-refractivity contribution in [1.29, 1.82) is 0 Å². The molecule has 0 aliphatic rings. The van der Waals surface area contributed by atoms with Crippen LogP contribution in [-0.4, -0.2) is 57.1 Å². The molecule has 0 unspecified atom stereocenters. The van der Waals surface area contributed by atoms with Gasteiger partial charge in [-0.05, 0) is 30.9 Å². The van der Waals surface area contributed by atoms with Crippen LogP contribution in [0.2, 0.25) is 0 Å². The Kier molecular flexibility index (Phi) is 9.47. The number of nitrogens with zero attached hydrogens (tertiary/aromatic N) is 4. The molecule has 0 fully saturated rings. The van der Waals surface area contributed by atoms with E-state index in [4.69, 9.17) is 5.11 Å². The smallest absolute Gasteiger partial charge is 0.274 e. The molecule has 0 aliphatic carbocycles. The van der Waals surface area contributed by atoms with Crippen LogP contribution in [-0.2, 0) is 24.2 Å². The van der Waals surface area contributed by atoms with Gasteiger partial charge >= 0.3 is 0 Å². The number of aliphatic hydroxyl groups excluding tert-OH is 1. The molecular formula is C22H33N5O3. The predicted molar refractivity (Wildman–Crippen MR) is 117 cm³/mol. The third-order valence-electron chi connectivity index (χ3n) is 5.06. The quantitative estimate of drug-likeness (QED) is 0.387. The summed E-state index contributed by atoms with van der Waals surface area (Å²) in [5, 5.41) is 11.7. The molecule has 2 aromatic heterocycles. The summed E-state index contributed by atoms with van der Waals surface area (Å²) in [5.74, 6) is 0.780. The maximum Gasteiger partial charge on any atom is 0.274 e. The highest BCUT2D eigenvalue weighted by atomic mass is 16.3. The average molecular weight is 416 g/mol. The number of aromatic nitrogens is 3. The normalized spacial score (nSPS) is 10.8. The average Bonchev–Trinajstić information content (AvgIpc) is 3.09.